The van der Waals surface area contributed by atoms with E-state index in [1.54, 1.807) is 12.1 Å². The van der Waals surface area contributed by atoms with Crippen molar-refractivity contribution in [2.24, 2.45) is 22.2 Å². The third-order valence-corrected chi connectivity index (χ3v) is 6.36. The van der Waals surface area contributed by atoms with Gasteiger partial charge in [0.2, 0.25) is 17.7 Å². The molecule has 4 atom stereocenters. The van der Waals surface area contributed by atoms with E-state index in [4.69, 9.17) is 17.2 Å². The highest BCUT2D eigenvalue weighted by molar-refractivity contribution is 7.98. The van der Waals surface area contributed by atoms with Crippen LogP contribution in [0.25, 0.3) is 0 Å². The Labute approximate surface area is 231 Å². The summed E-state index contributed by atoms with van der Waals surface area (Å²) in [7, 11) is 0. The molecule has 0 spiro atoms. The van der Waals surface area contributed by atoms with E-state index in [0.717, 1.165) is 0 Å². The molecule has 0 saturated carbocycles. The van der Waals surface area contributed by atoms with E-state index in [-0.39, 0.29) is 36.7 Å². The predicted octanol–water partition coefficient (Wildman–Crippen LogP) is -1.46. The molecule has 0 aliphatic carbocycles. The van der Waals surface area contributed by atoms with Gasteiger partial charge in [-0.15, -0.1) is 0 Å². The zero-order valence-electron chi connectivity index (χ0n) is 21.1. The van der Waals surface area contributed by atoms with Gasteiger partial charge in [-0.3, -0.25) is 19.4 Å². The molecule has 15 heteroatoms. The number of rotatable bonds is 17. The van der Waals surface area contributed by atoms with Gasteiger partial charge in [0.25, 0.3) is 0 Å². The van der Waals surface area contributed by atoms with Crippen molar-refractivity contribution in [3.63, 3.8) is 0 Å². The van der Waals surface area contributed by atoms with Gasteiger partial charge in [-0.25, -0.2) is 4.79 Å². The van der Waals surface area contributed by atoms with Crippen LogP contribution >= 0.6 is 24.4 Å². The minimum Gasteiger partial charge on any atom is -0.508 e. The zero-order chi connectivity index (χ0) is 28.7. The van der Waals surface area contributed by atoms with E-state index >= 15 is 0 Å². The smallest absolute Gasteiger partial charge is 0.327 e. The number of carbonyl (C=O) groups excluding carboxylic acids is 3. The number of aliphatic imine (C=N–C) groups is 1. The molecule has 0 radical (unpaired) electrons. The SMILES string of the molecule is CSCCC(NC(=O)C(N)CCCN=C(N)N)C(=O)NC(Cc1ccc(O)cc1)C(=O)NC(CS)C(=O)O. The Hall–Kier alpha value is -3.17. The van der Waals surface area contributed by atoms with Crippen molar-refractivity contribution < 1.29 is 29.4 Å². The van der Waals surface area contributed by atoms with Gasteiger partial charge >= 0.3 is 5.97 Å². The van der Waals surface area contributed by atoms with E-state index in [0.29, 0.717) is 24.3 Å². The standard InChI is InChI=1S/C23H37N7O6S2/c1-38-10-8-16(28-19(32)15(24)3-2-9-27-23(25)26)20(33)29-17(11-13-4-6-14(31)7-5-13)21(34)30-18(12-37)22(35)36/h4-7,15-18,31,37H,2-3,8-12,24H2,1H3,(H,28,32)(H,29,33)(H,30,34)(H,35,36)(H4,25,26,27). The van der Waals surface area contributed by atoms with Gasteiger partial charge in [0.05, 0.1) is 6.04 Å². The van der Waals surface area contributed by atoms with Crippen molar-refractivity contribution in [3.8, 4) is 5.75 Å². The average Bonchev–Trinajstić information content (AvgIpc) is 2.87. The number of hydrogen-bond donors (Lipinski definition) is 9. The van der Waals surface area contributed by atoms with Crippen molar-refractivity contribution in [1.29, 1.82) is 0 Å². The number of aliphatic carboxylic acids is 1. The molecule has 0 fully saturated rings. The number of hydrogen-bond acceptors (Lipinski definition) is 9. The lowest BCUT2D eigenvalue weighted by atomic mass is 10.0. The Kier molecular flexibility index (Phi) is 15.0. The number of phenolic OH excluding ortho intramolecular Hbond substituents is 1. The highest BCUT2D eigenvalue weighted by atomic mass is 32.2. The molecule has 0 saturated heterocycles. The van der Waals surface area contributed by atoms with E-state index in [2.05, 4.69) is 33.6 Å². The molecule has 0 aliphatic heterocycles. The molecule has 1 aromatic rings. The fourth-order valence-corrected chi connectivity index (χ4v) is 3.96. The number of benzene rings is 1. The monoisotopic (exact) mass is 571 g/mol. The minimum absolute atomic E-state index is 0.00423. The van der Waals surface area contributed by atoms with Crippen LogP contribution in [-0.2, 0) is 25.6 Å². The van der Waals surface area contributed by atoms with Crippen LogP contribution in [-0.4, -0.2) is 88.3 Å². The summed E-state index contributed by atoms with van der Waals surface area (Å²) in [5, 5.41) is 26.5. The number of carboxylic acids is 1. The van der Waals surface area contributed by atoms with Crippen LogP contribution in [0.15, 0.2) is 29.3 Å². The van der Waals surface area contributed by atoms with Crippen LogP contribution in [0.4, 0.5) is 0 Å². The molecular weight excluding hydrogens is 534 g/mol. The average molecular weight is 572 g/mol. The van der Waals surface area contributed by atoms with Crippen molar-refractivity contribution >= 4 is 54.0 Å². The summed E-state index contributed by atoms with van der Waals surface area (Å²) in [5.74, 6) is -2.85. The summed E-state index contributed by atoms with van der Waals surface area (Å²) in [6, 6.07) is 1.66. The van der Waals surface area contributed by atoms with Gasteiger partial charge in [0, 0.05) is 18.7 Å². The number of phenols is 1. The number of aromatic hydroxyl groups is 1. The fraction of sp³-hybridized carbons (Fsp3) is 0.522. The predicted molar refractivity (Wildman–Crippen MR) is 150 cm³/mol. The number of thioether (sulfide) groups is 1. The van der Waals surface area contributed by atoms with Gasteiger partial charge in [0.1, 0.15) is 23.9 Å². The molecule has 1 aromatic carbocycles. The second-order valence-corrected chi connectivity index (χ2v) is 9.76. The van der Waals surface area contributed by atoms with E-state index in [1.165, 1.54) is 23.9 Å². The molecule has 4 unspecified atom stereocenters. The van der Waals surface area contributed by atoms with E-state index in [1.807, 2.05) is 6.26 Å². The number of nitrogens with two attached hydrogens (primary N) is 3. The van der Waals surface area contributed by atoms with Gasteiger partial charge in [-0.05, 0) is 49.0 Å². The van der Waals surface area contributed by atoms with Crippen molar-refractivity contribution in [2.45, 2.75) is 49.9 Å². The molecule has 0 heterocycles. The first kappa shape index (κ1) is 32.9. The summed E-state index contributed by atoms with van der Waals surface area (Å²) < 4.78 is 0. The first-order valence-corrected chi connectivity index (χ1v) is 13.8. The Morgan fingerprint density at radius 1 is 0.974 bits per heavy atom. The summed E-state index contributed by atoms with van der Waals surface area (Å²) >= 11 is 5.42. The molecule has 38 heavy (non-hydrogen) atoms. The van der Waals surface area contributed by atoms with Gasteiger partial charge < -0.3 is 43.4 Å². The van der Waals surface area contributed by atoms with Gasteiger partial charge in [0.15, 0.2) is 5.96 Å². The largest absolute Gasteiger partial charge is 0.508 e. The van der Waals surface area contributed by atoms with Crippen LogP contribution in [0.5, 0.6) is 5.75 Å². The lowest BCUT2D eigenvalue weighted by molar-refractivity contribution is -0.141. The molecule has 0 aromatic heterocycles. The number of carbonyl (C=O) groups is 4. The third-order valence-electron chi connectivity index (χ3n) is 5.35. The highest BCUT2D eigenvalue weighted by Crippen LogP contribution is 2.12. The van der Waals surface area contributed by atoms with E-state index in [9.17, 15) is 29.4 Å². The lowest BCUT2D eigenvalue weighted by Crippen LogP contribution is -2.58. The van der Waals surface area contributed by atoms with Crippen LogP contribution < -0.4 is 33.2 Å². The summed E-state index contributed by atoms with van der Waals surface area (Å²) in [4.78, 5) is 54.1. The van der Waals surface area contributed by atoms with Gasteiger partial charge in [-0.2, -0.15) is 24.4 Å². The molecule has 0 bridgehead atoms. The number of amides is 3. The maximum Gasteiger partial charge on any atom is 0.327 e. The maximum absolute atomic E-state index is 13.2. The van der Waals surface area contributed by atoms with Crippen molar-refractivity contribution in [3.05, 3.63) is 29.8 Å². The minimum atomic E-state index is -1.28. The highest BCUT2D eigenvalue weighted by Gasteiger charge is 2.30. The maximum atomic E-state index is 13.2. The van der Waals surface area contributed by atoms with Crippen molar-refractivity contribution in [1.82, 2.24) is 16.0 Å². The van der Waals surface area contributed by atoms with Crippen LogP contribution in [0.1, 0.15) is 24.8 Å². The number of guanidine groups is 1. The summed E-state index contributed by atoms with van der Waals surface area (Å²) in [6.07, 6.45) is 2.85. The first-order chi connectivity index (χ1) is 18.0. The number of thiol groups is 1. The van der Waals surface area contributed by atoms with Gasteiger partial charge in [-0.1, -0.05) is 12.1 Å². The second-order valence-electron chi connectivity index (χ2n) is 8.41. The van der Waals surface area contributed by atoms with Crippen molar-refractivity contribution in [2.75, 3.05) is 24.3 Å². The Morgan fingerprint density at radius 2 is 1.55 bits per heavy atom. The third kappa shape index (κ3) is 12.4. The second kappa shape index (κ2) is 17.4. The lowest BCUT2D eigenvalue weighted by Gasteiger charge is -2.25. The zero-order valence-corrected chi connectivity index (χ0v) is 22.8. The normalized spacial score (nSPS) is 13.9. The fourth-order valence-electron chi connectivity index (χ4n) is 3.24. The van der Waals surface area contributed by atoms with Crippen LogP contribution in [0.3, 0.4) is 0 Å². The van der Waals surface area contributed by atoms with E-state index < -0.39 is 47.9 Å². The molecule has 1 rings (SSSR count). The number of carboxylic acid groups (broad SMARTS) is 1. The molecule has 11 N–H and O–H groups in total. The van der Waals surface area contributed by atoms with Crippen LogP contribution in [0.2, 0.25) is 0 Å². The summed E-state index contributed by atoms with van der Waals surface area (Å²) in [6.45, 7) is 0.303. The number of nitrogens with zero attached hydrogens (tertiary/aromatic N) is 1. The topological polar surface area (TPSA) is 235 Å². The Balaban J connectivity index is 3.01. The molecular formula is C23H37N7O6S2. The Bertz CT molecular complexity index is 960. The molecule has 13 nitrogen and oxygen atoms in total. The first-order valence-electron chi connectivity index (χ1n) is 11.8. The van der Waals surface area contributed by atoms with Crippen LogP contribution in [0, 0.1) is 0 Å². The summed E-state index contributed by atoms with van der Waals surface area (Å²) in [5.41, 5.74) is 17.1. The quantitative estimate of drug-likeness (QED) is 0.0456. The number of nitrogens with one attached hydrogen (secondary N) is 3. The Morgan fingerprint density at radius 3 is 2.11 bits per heavy atom. The molecule has 3 amide bonds. The molecule has 0 aliphatic rings. The molecule has 212 valence electrons.